The van der Waals surface area contributed by atoms with Gasteiger partial charge in [0.25, 0.3) is 5.56 Å². The Hall–Kier alpha value is -2.98. The van der Waals surface area contributed by atoms with Gasteiger partial charge in [-0.2, -0.15) is 18.3 Å². The van der Waals surface area contributed by atoms with Gasteiger partial charge in [0, 0.05) is 50.6 Å². The summed E-state index contributed by atoms with van der Waals surface area (Å²) in [6, 6.07) is 1.78. The molecule has 1 aliphatic heterocycles. The molecule has 1 amide bonds. The normalized spacial score (nSPS) is 14.7. The number of aromatic amines is 1. The van der Waals surface area contributed by atoms with Gasteiger partial charge >= 0.3 is 6.18 Å². The van der Waals surface area contributed by atoms with Crippen LogP contribution in [-0.2, 0) is 17.4 Å². The molecule has 0 atom stereocenters. The molecule has 1 aliphatic rings. The zero-order chi connectivity index (χ0) is 22.4. The Morgan fingerprint density at radius 2 is 1.77 bits per heavy atom. The van der Waals surface area contributed by atoms with Gasteiger partial charge in [0.15, 0.2) is 0 Å². The topological polar surface area (TPSA) is 95.1 Å². The van der Waals surface area contributed by atoms with E-state index in [-0.39, 0.29) is 17.4 Å². The Morgan fingerprint density at radius 1 is 1.10 bits per heavy atom. The lowest BCUT2D eigenvalue weighted by Crippen LogP contribution is -2.49. The van der Waals surface area contributed by atoms with E-state index in [1.807, 2.05) is 0 Å². The van der Waals surface area contributed by atoms with E-state index in [4.69, 9.17) is 0 Å². The predicted molar refractivity (Wildman–Crippen MR) is 108 cm³/mol. The molecule has 168 valence electrons. The van der Waals surface area contributed by atoms with Gasteiger partial charge in [-0.1, -0.05) is 6.42 Å². The van der Waals surface area contributed by atoms with Gasteiger partial charge in [0.1, 0.15) is 0 Å². The molecule has 3 rings (SSSR count). The number of hydrogen-bond donors (Lipinski definition) is 1. The van der Waals surface area contributed by atoms with Gasteiger partial charge in [-0.25, -0.2) is 15.1 Å². The molecule has 8 nitrogen and oxygen atoms in total. The first-order valence-corrected chi connectivity index (χ1v) is 10.2. The van der Waals surface area contributed by atoms with Crippen molar-refractivity contribution < 1.29 is 18.0 Å². The molecule has 2 aromatic heterocycles. The summed E-state index contributed by atoms with van der Waals surface area (Å²) in [5.41, 5.74) is 0.418. The molecular formula is C20H25F3N6O2. The SMILES string of the molecule is Cc1cc(CCCCCC(=O)N2CCN(c3ncc(C(F)(F)F)cn3)CC2)n[nH]c1=O. The van der Waals surface area contributed by atoms with Gasteiger partial charge in [-0.15, -0.1) is 0 Å². The number of amides is 1. The molecule has 1 saturated heterocycles. The van der Waals surface area contributed by atoms with Crippen LogP contribution < -0.4 is 10.5 Å². The minimum Gasteiger partial charge on any atom is -0.339 e. The van der Waals surface area contributed by atoms with Crippen LogP contribution in [0.25, 0.3) is 0 Å². The van der Waals surface area contributed by atoms with Crippen LogP contribution >= 0.6 is 0 Å². The maximum Gasteiger partial charge on any atom is 0.419 e. The molecule has 31 heavy (non-hydrogen) atoms. The highest BCUT2D eigenvalue weighted by Crippen LogP contribution is 2.28. The Kier molecular flexibility index (Phi) is 7.24. The first-order valence-electron chi connectivity index (χ1n) is 10.2. The third kappa shape index (κ3) is 6.25. The highest BCUT2D eigenvalue weighted by Gasteiger charge is 2.32. The average molecular weight is 438 g/mol. The number of unbranched alkanes of at least 4 members (excludes halogenated alkanes) is 2. The number of carbonyl (C=O) groups is 1. The number of aryl methyl sites for hydroxylation is 2. The molecule has 0 unspecified atom stereocenters. The summed E-state index contributed by atoms with van der Waals surface area (Å²) in [5, 5.41) is 6.48. The Bertz CT molecular complexity index is 937. The number of halogens is 3. The number of piperazine rings is 1. The van der Waals surface area contributed by atoms with Gasteiger partial charge in [0.2, 0.25) is 11.9 Å². The van der Waals surface area contributed by atoms with E-state index in [0.29, 0.717) is 38.2 Å². The molecule has 2 aromatic rings. The Balaban J connectivity index is 1.36. The minimum atomic E-state index is -4.46. The molecule has 0 bridgehead atoms. The monoisotopic (exact) mass is 438 g/mol. The van der Waals surface area contributed by atoms with Crippen molar-refractivity contribution in [3.8, 4) is 0 Å². The first-order chi connectivity index (χ1) is 14.7. The standard InChI is InChI=1S/C20H25F3N6O2/c1-14-11-16(26-27-18(14)31)5-3-2-4-6-17(30)28-7-9-29(10-8-28)19-24-12-15(13-25-19)20(21,22)23/h11-13H,2-10H2,1H3,(H,27,31). The van der Waals surface area contributed by atoms with Crippen LogP contribution in [0.2, 0.25) is 0 Å². The fourth-order valence-corrected chi connectivity index (χ4v) is 3.39. The predicted octanol–water partition coefficient (Wildman–Crippen LogP) is 2.34. The number of aromatic nitrogens is 4. The van der Waals surface area contributed by atoms with Crippen LogP contribution in [-0.4, -0.2) is 57.2 Å². The summed E-state index contributed by atoms with van der Waals surface area (Å²) in [6.07, 6.45) is 0.832. The van der Waals surface area contributed by atoms with Crippen LogP contribution in [0.1, 0.15) is 42.5 Å². The fraction of sp³-hybridized carbons (Fsp3) is 0.550. The smallest absolute Gasteiger partial charge is 0.339 e. The van der Waals surface area contributed by atoms with E-state index >= 15 is 0 Å². The largest absolute Gasteiger partial charge is 0.419 e. The first kappa shape index (κ1) is 22.7. The highest BCUT2D eigenvalue weighted by molar-refractivity contribution is 5.76. The molecule has 0 spiro atoms. The molecule has 0 saturated carbocycles. The van der Waals surface area contributed by atoms with Crippen LogP contribution in [0.4, 0.5) is 19.1 Å². The van der Waals surface area contributed by atoms with Crippen molar-refractivity contribution in [2.24, 2.45) is 0 Å². The number of anilines is 1. The number of hydrogen-bond acceptors (Lipinski definition) is 6. The zero-order valence-corrected chi connectivity index (χ0v) is 17.3. The second-order valence-electron chi connectivity index (χ2n) is 7.57. The second-order valence-corrected chi connectivity index (χ2v) is 7.57. The fourth-order valence-electron chi connectivity index (χ4n) is 3.39. The molecule has 0 aliphatic carbocycles. The number of rotatable bonds is 7. The minimum absolute atomic E-state index is 0.0750. The van der Waals surface area contributed by atoms with E-state index in [1.165, 1.54) is 0 Å². The zero-order valence-electron chi connectivity index (χ0n) is 17.3. The molecule has 11 heteroatoms. The van der Waals surface area contributed by atoms with Gasteiger partial charge in [0.05, 0.1) is 11.3 Å². The molecule has 1 N–H and O–H groups in total. The number of H-pyrrole nitrogens is 1. The summed E-state index contributed by atoms with van der Waals surface area (Å²) in [5.74, 6) is 0.317. The summed E-state index contributed by atoms with van der Waals surface area (Å²) in [7, 11) is 0. The second kappa shape index (κ2) is 9.88. The number of nitrogens with zero attached hydrogens (tertiary/aromatic N) is 5. The average Bonchev–Trinajstić information content (AvgIpc) is 2.75. The number of alkyl halides is 3. The molecule has 3 heterocycles. The van der Waals surface area contributed by atoms with Gasteiger partial charge in [-0.05, 0) is 32.3 Å². The van der Waals surface area contributed by atoms with Gasteiger partial charge in [-0.3, -0.25) is 9.59 Å². The van der Waals surface area contributed by atoms with Gasteiger partial charge < -0.3 is 9.80 Å². The van der Waals surface area contributed by atoms with Crippen molar-refractivity contribution in [3.05, 3.63) is 45.6 Å². The lowest BCUT2D eigenvalue weighted by atomic mass is 10.1. The molecule has 0 aromatic carbocycles. The molecular weight excluding hydrogens is 413 g/mol. The molecule has 1 fully saturated rings. The van der Waals surface area contributed by atoms with Crippen molar-refractivity contribution >= 4 is 11.9 Å². The van der Waals surface area contributed by atoms with E-state index in [0.717, 1.165) is 43.8 Å². The highest BCUT2D eigenvalue weighted by atomic mass is 19.4. The number of nitrogens with one attached hydrogen (secondary N) is 1. The summed E-state index contributed by atoms with van der Waals surface area (Å²) in [6.45, 7) is 3.68. The maximum absolute atomic E-state index is 12.6. The summed E-state index contributed by atoms with van der Waals surface area (Å²) >= 11 is 0. The van der Waals surface area contributed by atoms with Crippen molar-refractivity contribution in [1.82, 2.24) is 25.1 Å². The van der Waals surface area contributed by atoms with Crippen molar-refractivity contribution in [3.63, 3.8) is 0 Å². The van der Waals surface area contributed by atoms with E-state index in [9.17, 15) is 22.8 Å². The quantitative estimate of drug-likeness (QED) is 0.667. The lowest BCUT2D eigenvalue weighted by Gasteiger charge is -2.34. The van der Waals surface area contributed by atoms with Crippen LogP contribution in [0, 0.1) is 6.92 Å². The van der Waals surface area contributed by atoms with E-state index in [1.54, 1.807) is 22.8 Å². The van der Waals surface area contributed by atoms with Crippen molar-refractivity contribution in [1.29, 1.82) is 0 Å². The van der Waals surface area contributed by atoms with Crippen LogP contribution in [0.3, 0.4) is 0 Å². The van der Waals surface area contributed by atoms with E-state index < -0.39 is 11.7 Å². The van der Waals surface area contributed by atoms with Crippen LogP contribution in [0.5, 0.6) is 0 Å². The Morgan fingerprint density at radius 3 is 2.39 bits per heavy atom. The van der Waals surface area contributed by atoms with E-state index in [2.05, 4.69) is 20.2 Å². The third-order valence-electron chi connectivity index (χ3n) is 5.25. The summed E-state index contributed by atoms with van der Waals surface area (Å²) in [4.78, 5) is 34.9. The third-order valence-corrected chi connectivity index (χ3v) is 5.25. The van der Waals surface area contributed by atoms with Crippen molar-refractivity contribution in [2.75, 3.05) is 31.1 Å². The molecule has 0 radical (unpaired) electrons. The maximum atomic E-state index is 12.6. The van der Waals surface area contributed by atoms with Crippen molar-refractivity contribution in [2.45, 2.75) is 45.2 Å². The Labute approximate surface area is 177 Å². The lowest BCUT2D eigenvalue weighted by molar-refractivity contribution is -0.138. The van der Waals surface area contributed by atoms with Crippen LogP contribution in [0.15, 0.2) is 23.3 Å². The number of carbonyl (C=O) groups excluding carboxylic acids is 1. The summed E-state index contributed by atoms with van der Waals surface area (Å²) < 4.78 is 37.8.